The second-order valence-corrected chi connectivity index (χ2v) is 6.81. The van der Waals surface area contributed by atoms with Crippen molar-refractivity contribution in [2.45, 2.75) is 39.0 Å². The van der Waals surface area contributed by atoms with Crippen molar-refractivity contribution in [2.75, 3.05) is 19.6 Å². The van der Waals surface area contributed by atoms with Gasteiger partial charge in [0.05, 0.1) is 6.42 Å². The molecule has 0 aromatic rings. The monoisotopic (exact) mass is 291 g/mol. The van der Waals surface area contributed by atoms with Crippen molar-refractivity contribution >= 4 is 0 Å². The van der Waals surface area contributed by atoms with E-state index in [2.05, 4.69) is 16.7 Å². The van der Waals surface area contributed by atoms with Crippen molar-refractivity contribution in [3.63, 3.8) is 0 Å². The van der Waals surface area contributed by atoms with Crippen LogP contribution in [-0.4, -0.2) is 24.5 Å². The first-order chi connectivity index (χ1) is 10.1. The summed E-state index contributed by atoms with van der Waals surface area (Å²) in [6, 6.07) is 0. The molecule has 0 aromatic heterocycles. The first-order valence-electron chi connectivity index (χ1n) is 8.00. The van der Waals surface area contributed by atoms with Crippen LogP contribution in [0.2, 0.25) is 0 Å². The maximum absolute atomic E-state index is 13.4. The van der Waals surface area contributed by atoms with Crippen LogP contribution in [0.1, 0.15) is 39.0 Å². The molecule has 114 valence electrons. The van der Waals surface area contributed by atoms with Gasteiger partial charge in [-0.1, -0.05) is 17.9 Å². The Morgan fingerprint density at radius 1 is 1.38 bits per heavy atom. The Morgan fingerprint density at radius 2 is 2.19 bits per heavy atom. The Labute approximate surface area is 126 Å². The van der Waals surface area contributed by atoms with Gasteiger partial charge in [0, 0.05) is 25.1 Å². The lowest BCUT2D eigenvalue weighted by atomic mass is 10.0. The molecule has 1 aliphatic heterocycles. The van der Waals surface area contributed by atoms with E-state index in [1.54, 1.807) is 6.92 Å². The van der Waals surface area contributed by atoms with Gasteiger partial charge in [0.2, 0.25) is 0 Å². The quantitative estimate of drug-likeness (QED) is 0.553. The molecule has 0 bridgehead atoms. The van der Waals surface area contributed by atoms with E-state index in [9.17, 15) is 8.78 Å². The second-order valence-electron chi connectivity index (χ2n) is 6.81. The van der Waals surface area contributed by atoms with Crippen LogP contribution >= 0.6 is 0 Å². The third-order valence-corrected chi connectivity index (χ3v) is 4.97. The Kier molecular flexibility index (Phi) is 4.17. The molecule has 1 saturated heterocycles. The summed E-state index contributed by atoms with van der Waals surface area (Å²) in [7, 11) is 0. The Bertz CT molecular complexity index is 521. The molecule has 2 saturated carbocycles. The van der Waals surface area contributed by atoms with Crippen LogP contribution in [0.25, 0.3) is 0 Å². The normalized spacial score (nSPS) is 33.2. The topological polar surface area (TPSA) is 3.24 Å². The molecule has 0 radical (unpaired) electrons. The molecule has 0 amide bonds. The molecule has 3 fully saturated rings. The number of nitrogens with zero attached hydrogens (tertiary/aromatic N) is 1. The zero-order valence-corrected chi connectivity index (χ0v) is 12.7. The van der Waals surface area contributed by atoms with Crippen LogP contribution in [0.3, 0.4) is 0 Å². The van der Waals surface area contributed by atoms with E-state index < -0.39 is 11.7 Å². The standard InChI is InChI=1S/C18H23F2N/c1-2-16(19)10-17(20)5-3-4-15-11-18(15)8-9-21(13-18)12-14-6-7-14/h2,10,14-15H,5-9,11-13H2,1H3/b16-2+,17-10+/t15-,18+/m1/s1. The highest BCUT2D eigenvalue weighted by atomic mass is 19.1. The molecule has 0 aromatic carbocycles. The Balaban J connectivity index is 1.46. The first-order valence-corrected chi connectivity index (χ1v) is 8.00. The molecular formula is C18H23F2N. The Morgan fingerprint density at radius 3 is 2.90 bits per heavy atom. The highest BCUT2D eigenvalue weighted by molar-refractivity contribution is 5.25. The predicted octanol–water partition coefficient (Wildman–Crippen LogP) is 4.23. The maximum Gasteiger partial charge on any atom is 0.121 e. The Hall–Kier alpha value is -1.14. The number of hydrogen-bond donors (Lipinski definition) is 0. The van der Waals surface area contributed by atoms with Crippen LogP contribution < -0.4 is 0 Å². The minimum Gasteiger partial charge on any atom is -0.302 e. The summed E-state index contributed by atoms with van der Waals surface area (Å²) in [4.78, 5) is 2.58. The molecule has 2 aliphatic carbocycles. The lowest BCUT2D eigenvalue weighted by Crippen LogP contribution is -2.23. The van der Waals surface area contributed by atoms with Crippen molar-refractivity contribution in [3.8, 4) is 11.8 Å². The fourth-order valence-electron chi connectivity index (χ4n) is 3.35. The van der Waals surface area contributed by atoms with Crippen LogP contribution in [-0.2, 0) is 0 Å². The van der Waals surface area contributed by atoms with Gasteiger partial charge in [0.25, 0.3) is 0 Å². The molecule has 1 nitrogen and oxygen atoms in total. The third kappa shape index (κ3) is 3.74. The minimum atomic E-state index is -0.538. The fraction of sp³-hybridized carbons (Fsp3) is 0.667. The van der Waals surface area contributed by atoms with E-state index in [0.717, 1.165) is 18.4 Å². The first kappa shape index (κ1) is 14.8. The highest BCUT2D eigenvalue weighted by Gasteiger charge is 2.56. The van der Waals surface area contributed by atoms with E-state index >= 15 is 0 Å². The molecule has 2 atom stereocenters. The lowest BCUT2D eigenvalue weighted by molar-refractivity contribution is 0.304. The maximum atomic E-state index is 13.4. The van der Waals surface area contributed by atoms with E-state index in [4.69, 9.17) is 0 Å². The van der Waals surface area contributed by atoms with Gasteiger partial charge in [-0.05, 0) is 50.5 Å². The molecule has 1 heterocycles. The summed E-state index contributed by atoms with van der Waals surface area (Å²) in [5.74, 6) is 6.44. The summed E-state index contributed by atoms with van der Waals surface area (Å²) in [5, 5.41) is 0. The summed E-state index contributed by atoms with van der Waals surface area (Å²) in [6.45, 7) is 5.19. The van der Waals surface area contributed by atoms with E-state index in [0.29, 0.717) is 11.3 Å². The molecule has 21 heavy (non-hydrogen) atoms. The summed E-state index contributed by atoms with van der Waals surface area (Å²) in [5.41, 5.74) is 0.399. The van der Waals surface area contributed by atoms with Gasteiger partial charge in [-0.25, -0.2) is 8.78 Å². The van der Waals surface area contributed by atoms with Crippen LogP contribution in [0.4, 0.5) is 8.78 Å². The van der Waals surface area contributed by atoms with Gasteiger partial charge in [-0.15, -0.1) is 0 Å². The van der Waals surface area contributed by atoms with Crippen LogP contribution in [0, 0.1) is 29.1 Å². The number of allylic oxidation sites excluding steroid dienone is 4. The number of rotatable bonds is 4. The van der Waals surface area contributed by atoms with E-state index in [-0.39, 0.29) is 6.42 Å². The van der Waals surface area contributed by atoms with Gasteiger partial charge >= 0.3 is 0 Å². The predicted molar refractivity (Wildman–Crippen MR) is 80.8 cm³/mol. The number of hydrogen-bond acceptors (Lipinski definition) is 1. The molecular weight excluding hydrogens is 268 g/mol. The van der Waals surface area contributed by atoms with Crippen molar-refractivity contribution in [1.82, 2.24) is 4.90 Å². The summed E-state index contributed by atoms with van der Waals surface area (Å²) in [6.07, 6.45) is 7.41. The molecule has 3 aliphatic rings. The minimum absolute atomic E-state index is 0.0274. The zero-order chi connectivity index (χ0) is 14.9. The summed E-state index contributed by atoms with van der Waals surface area (Å²) >= 11 is 0. The summed E-state index contributed by atoms with van der Waals surface area (Å²) < 4.78 is 26.2. The van der Waals surface area contributed by atoms with Crippen LogP contribution in [0.15, 0.2) is 23.8 Å². The van der Waals surface area contributed by atoms with Crippen molar-refractivity contribution in [3.05, 3.63) is 23.8 Å². The van der Waals surface area contributed by atoms with E-state index in [1.165, 1.54) is 45.0 Å². The van der Waals surface area contributed by atoms with Gasteiger partial charge in [0.1, 0.15) is 11.7 Å². The van der Waals surface area contributed by atoms with Crippen molar-refractivity contribution < 1.29 is 8.78 Å². The molecule has 3 rings (SSSR count). The van der Waals surface area contributed by atoms with Gasteiger partial charge < -0.3 is 4.90 Å². The average Bonchev–Trinajstić information content (AvgIpc) is 3.32. The number of likely N-dealkylation sites (tertiary alicyclic amines) is 1. The fourth-order valence-corrected chi connectivity index (χ4v) is 3.35. The average molecular weight is 291 g/mol. The SMILES string of the molecule is C/C=C(F)\C=C(\F)CC#C[C@@H]1C[C@]12CCN(CC1CC1)C2. The zero-order valence-electron chi connectivity index (χ0n) is 12.7. The molecule has 0 N–H and O–H groups in total. The van der Waals surface area contributed by atoms with Gasteiger partial charge in [0.15, 0.2) is 0 Å². The largest absolute Gasteiger partial charge is 0.302 e. The number of halogens is 2. The van der Waals surface area contributed by atoms with Crippen LogP contribution in [0.5, 0.6) is 0 Å². The molecule has 3 heteroatoms. The highest BCUT2D eigenvalue weighted by Crippen LogP contribution is 2.58. The molecule has 1 spiro atoms. The van der Waals surface area contributed by atoms with Crippen molar-refractivity contribution in [2.24, 2.45) is 17.3 Å². The van der Waals surface area contributed by atoms with Gasteiger partial charge in [-0.2, -0.15) is 0 Å². The van der Waals surface area contributed by atoms with Crippen molar-refractivity contribution in [1.29, 1.82) is 0 Å². The van der Waals surface area contributed by atoms with Gasteiger partial charge in [-0.3, -0.25) is 0 Å². The van der Waals surface area contributed by atoms with E-state index in [1.807, 2.05) is 0 Å². The third-order valence-electron chi connectivity index (χ3n) is 4.97. The molecule has 0 unspecified atom stereocenters. The smallest absolute Gasteiger partial charge is 0.121 e. The second kappa shape index (κ2) is 5.93. The lowest BCUT2D eigenvalue weighted by Gasteiger charge is -2.14.